The predicted molar refractivity (Wildman–Crippen MR) is 67.9 cm³/mol. The molecule has 0 fully saturated rings. The fourth-order valence-electron chi connectivity index (χ4n) is 1.48. The molecule has 3 N–H and O–H groups in total. The first kappa shape index (κ1) is 10.3. The largest absolute Gasteiger partial charge is 0.508 e. The summed E-state index contributed by atoms with van der Waals surface area (Å²) < 4.78 is 0. The van der Waals surface area contributed by atoms with Crippen LogP contribution in [0.2, 0.25) is 0 Å². The van der Waals surface area contributed by atoms with Crippen LogP contribution >= 0.6 is 0 Å². The highest BCUT2D eigenvalue weighted by molar-refractivity contribution is 5.71. The molecule has 2 aromatic carbocycles. The second kappa shape index (κ2) is 4.53. The Balaban J connectivity index is 2.21. The van der Waals surface area contributed by atoms with Crippen LogP contribution in [0.4, 0.5) is 5.69 Å². The number of phenols is 1. The summed E-state index contributed by atoms with van der Waals surface area (Å²) in [6.45, 7) is 0. The van der Waals surface area contributed by atoms with Crippen LogP contribution in [-0.4, -0.2) is 5.11 Å². The molecule has 0 atom stereocenters. The molecule has 16 heavy (non-hydrogen) atoms. The highest BCUT2D eigenvalue weighted by atomic mass is 16.3. The van der Waals surface area contributed by atoms with E-state index in [1.54, 1.807) is 12.1 Å². The van der Waals surface area contributed by atoms with Gasteiger partial charge in [0.2, 0.25) is 0 Å². The van der Waals surface area contributed by atoms with Gasteiger partial charge in [-0.15, -0.1) is 0 Å². The van der Waals surface area contributed by atoms with E-state index in [1.807, 2.05) is 48.6 Å². The van der Waals surface area contributed by atoms with Crippen LogP contribution < -0.4 is 5.73 Å². The van der Waals surface area contributed by atoms with Crippen molar-refractivity contribution in [1.82, 2.24) is 0 Å². The molecule has 0 heterocycles. The molecule has 0 bridgehead atoms. The fourth-order valence-corrected chi connectivity index (χ4v) is 1.48. The fraction of sp³-hybridized carbons (Fsp3) is 0. The summed E-state index contributed by atoms with van der Waals surface area (Å²) in [5.74, 6) is 0.273. The van der Waals surface area contributed by atoms with Crippen molar-refractivity contribution < 1.29 is 5.11 Å². The summed E-state index contributed by atoms with van der Waals surface area (Å²) in [7, 11) is 0. The van der Waals surface area contributed by atoms with Crippen LogP contribution in [0, 0.1) is 0 Å². The maximum absolute atomic E-state index is 9.30. The van der Waals surface area contributed by atoms with Crippen LogP contribution in [0.5, 0.6) is 5.75 Å². The predicted octanol–water partition coefficient (Wildman–Crippen LogP) is 3.14. The summed E-state index contributed by atoms with van der Waals surface area (Å²) in [6, 6.07) is 14.8. The zero-order chi connectivity index (χ0) is 11.4. The molecule has 2 aromatic rings. The van der Waals surface area contributed by atoms with Gasteiger partial charge in [-0.3, -0.25) is 0 Å². The van der Waals surface area contributed by atoms with Gasteiger partial charge in [-0.2, -0.15) is 0 Å². The van der Waals surface area contributed by atoms with Crippen molar-refractivity contribution in [2.24, 2.45) is 0 Å². The molecule has 2 nitrogen and oxygen atoms in total. The number of benzene rings is 2. The highest BCUT2D eigenvalue weighted by Gasteiger charge is 1.90. The van der Waals surface area contributed by atoms with Crippen LogP contribution in [0.15, 0.2) is 48.5 Å². The maximum Gasteiger partial charge on any atom is 0.116 e. The Morgan fingerprint density at radius 1 is 0.875 bits per heavy atom. The molecule has 0 unspecified atom stereocenters. The summed E-state index contributed by atoms with van der Waals surface area (Å²) >= 11 is 0. The molecule has 0 aliphatic rings. The lowest BCUT2D eigenvalue weighted by molar-refractivity contribution is 0.475. The van der Waals surface area contributed by atoms with Gasteiger partial charge in [0.25, 0.3) is 0 Å². The van der Waals surface area contributed by atoms with Crippen molar-refractivity contribution >= 4 is 17.8 Å². The number of hydrogen-bond donors (Lipinski definition) is 2. The number of hydrogen-bond acceptors (Lipinski definition) is 2. The van der Waals surface area contributed by atoms with Gasteiger partial charge in [0, 0.05) is 5.69 Å². The quantitative estimate of drug-likeness (QED) is 0.592. The van der Waals surface area contributed by atoms with Gasteiger partial charge in [-0.05, 0) is 35.4 Å². The molecule has 0 saturated heterocycles. The first-order chi connectivity index (χ1) is 7.74. The van der Waals surface area contributed by atoms with E-state index in [2.05, 4.69) is 0 Å². The number of anilines is 1. The Labute approximate surface area is 94.7 Å². The summed E-state index contributed by atoms with van der Waals surface area (Å²) in [4.78, 5) is 0. The third-order valence-electron chi connectivity index (χ3n) is 2.25. The van der Waals surface area contributed by atoms with E-state index in [4.69, 9.17) is 5.73 Å². The Morgan fingerprint density at radius 2 is 1.50 bits per heavy atom. The Hall–Kier alpha value is -2.22. The van der Waals surface area contributed by atoms with Gasteiger partial charge >= 0.3 is 0 Å². The van der Waals surface area contributed by atoms with E-state index in [0.29, 0.717) is 0 Å². The summed E-state index contributed by atoms with van der Waals surface area (Å²) in [6.07, 6.45) is 3.90. The minimum absolute atomic E-state index is 0.273. The zero-order valence-corrected chi connectivity index (χ0v) is 8.80. The van der Waals surface area contributed by atoms with E-state index in [9.17, 15) is 5.11 Å². The van der Waals surface area contributed by atoms with E-state index >= 15 is 0 Å². The molecule has 0 amide bonds. The van der Waals surface area contributed by atoms with Crippen LogP contribution in [0.1, 0.15) is 11.1 Å². The third kappa shape index (κ3) is 2.64. The standard InChI is InChI=1S/C14H13NO/c15-13-5-1-3-11(9-13)7-8-12-4-2-6-14(16)10-12/h1-10,16H,15H2/b8-7+. The first-order valence-corrected chi connectivity index (χ1v) is 5.07. The second-order valence-electron chi connectivity index (χ2n) is 3.60. The molecule has 80 valence electrons. The molecule has 0 spiro atoms. The average molecular weight is 211 g/mol. The van der Waals surface area contributed by atoms with E-state index < -0.39 is 0 Å². The molecule has 0 aromatic heterocycles. The normalized spacial score (nSPS) is 10.8. The van der Waals surface area contributed by atoms with Crippen molar-refractivity contribution in [2.75, 3.05) is 5.73 Å². The molecule has 0 saturated carbocycles. The van der Waals surface area contributed by atoms with E-state index in [-0.39, 0.29) is 5.75 Å². The van der Waals surface area contributed by atoms with Gasteiger partial charge in [-0.1, -0.05) is 36.4 Å². The minimum Gasteiger partial charge on any atom is -0.508 e. The molecule has 2 rings (SSSR count). The molecule has 2 heteroatoms. The van der Waals surface area contributed by atoms with Gasteiger partial charge in [0.15, 0.2) is 0 Å². The maximum atomic E-state index is 9.30. The van der Waals surface area contributed by atoms with Gasteiger partial charge in [0.1, 0.15) is 5.75 Å². The van der Waals surface area contributed by atoms with E-state index in [0.717, 1.165) is 16.8 Å². The number of aromatic hydroxyl groups is 1. The number of rotatable bonds is 2. The number of phenolic OH excluding ortho intramolecular Hbond substituents is 1. The molecule has 0 aliphatic carbocycles. The molecular weight excluding hydrogens is 198 g/mol. The lowest BCUT2D eigenvalue weighted by Crippen LogP contribution is -1.83. The zero-order valence-electron chi connectivity index (χ0n) is 8.80. The Morgan fingerprint density at radius 3 is 2.12 bits per heavy atom. The Bertz CT molecular complexity index is 470. The minimum atomic E-state index is 0.273. The average Bonchev–Trinajstić information content (AvgIpc) is 2.27. The van der Waals surface area contributed by atoms with Crippen LogP contribution in [-0.2, 0) is 0 Å². The monoisotopic (exact) mass is 211 g/mol. The number of nitrogens with two attached hydrogens (primary N) is 1. The van der Waals surface area contributed by atoms with Gasteiger partial charge in [0.05, 0.1) is 0 Å². The van der Waals surface area contributed by atoms with Gasteiger partial charge < -0.3 is 10.8 Å². The van der Waals surface area contributed by atoms with Crippen LogP contribution in [0.25, 0.3) is 12.2 Å². The topological polar surface area (TPSA) is 46.2 Å². The van der Waals surface area contributed by atoms with Crippen molar-refractivity contribution in [3.8, 4) is 5.75 Å². The van der Waals surface area contributed by atoms with Crippen molar-refractivity contribution in [1.29, 1.82) is 0 Å². The summed E-state index contributed by atoms with van der Waals surface area (Å²) in [5.41, 5.74) is 8.43. The number of nitrogen functional groups attached to an aromatic ring is 1. The smallest absolute Gasteiger partial charge is 0.116 e. The SMILES string of the molecule is Nc1cccc(/C=C/c2cccc(O)c2)c1. The molecule has 0 aliphatic heterocycles. The van der Waals surface area contributed by atoms with Crippen molar-refractivity contribution in [3.63, 3.8) is 0 Å². The van der Waals surface area contributed by atoms with E-state index in [1.165, 1.54) is 0 Å². The molecule has 0 radical (unpaired) electrons. The highest BCUT2D eigenvalue weighted by Crippen LogP contribution is 2.15. The van der Waals surface area contributed by atoms with Crippen LogP contribution in [0.3, 0.4) is 0 Å². The Kier molecular flexibility index (Phi) is 2.92. The lowest BCUT2D eigenvalue weighted by Gasteiger charge is -1.97. The van der Waals surface area contributed by atoms with Gasteiger partial charge in [-0.25, -0.2) is 0 Å². The molecular formula is C14H13NO. The van der Waals surface area contributed by atoms with Crippen molar-refractivity contribution in [2.45, 2.75) is 0 Å². The first-order valence-electron chi connectivity index (χ1n) is 5.07. The summed E-state index contributed by atoms with van der Waals surface area (Å²) in [5, 5.41) is 9.30. The van der Waals surface area contributed by atoms with Crippen molar-refractivity contribution in [3.05, 3.63) is 59.7 Å². The second-order valence-corrected chi connectivity index (χ2v) is 3.60. The third-order valence-corrected chi connectivity index (χ3v) is 2.25. The lowest BCUT2D eigenvalue weighted by atomic mass is 10.1.